The molecule has 0 aliphatic rings. The molecule has 0 aliphatic heterocycles. The van der Waals surface area contributed by atoms with Crippen molar-refractivity contribution in [1.82, 2.24) is 10.6 Å². The maximum atomic E-state index is 12.6. The predicted molar refractivity (Wildman–Crippen MR) is 107 cm³/mol. The number of nitrogens with one attached hydrogen (secondary N) is 3. The predicted octanol–water partition coefficient (Wildman–Crippen LogP) is 1.61. The highest BCUT2D eigenvalue weighted by Gasteiger charge is 2.42. The molecule has 170 valence electrons. The molecule has 0 heterocycles. The Morgan fingerprint density at radius 2 is 1.78 bits per heavy atom. The number of carbonyl (C=O) groups is 3. The summed E-state index contributed by atoms with van der Waals surface area (Å²) in [4.78, 5) is 35.4. The van der Waals surface area contributed by atoms with Crippen LogP contribution in [0.25, 0.3) is 0 Å². The average molecular weight is 452 g/mol. The Bertz CT molecular complexity index is 1040. The van der Waals surface area contributed by atoms with E-state index < -0.39 is 29.7 Å². The van der Waals surface area contributed by atoms with Crippen molar-refractivity contribution >= 4 is 23.6 Å². The number of hydrogen-bond acceptors (Lipinski definition) is 6. The molecule has 32 heavy (non-hydrogen) atoms. The van der Waals surface area contributed by atoms with Gasteiger partial charge < -0.3 is 25.8 Å². The van der Waals surface area contributed by atoms with Gasteiger partial charge >= 0.3 is 12.1 Å². The topological polar surface area (TPSA) is 144 Å². The summed E-state index contributed by atoms with van der Waals surface area (Å²) in [6.45, 7) is -0.0614. The summed E-state index contributed by atoms with van der Waals surface area (Å²) in [6.07, 6.45) is -5.29. The number of hydrogen-bond donors (Lipinski definition) is 4. The van der Waals surface area contributed by atoms with Gasteiger partial charge in [0, 0.05) is 18.2 Å². The molecule has 0 atom stereocenters. The molecule has 0 aliphatic carbocycles. The Morgan fingerprint density at radius 3 is 2.41 bits per heavy atom. The highest BCUT2D eigenvalue weighted by atomic mass is 19.4. The molecule has 2 aromatic rings. The number of nitrogen functional groups attached to an aromatic ring is 1. The third-order valence-corrected chi connectivity index (χ3v) is 3.95. The van der Waals surface area contributed by atoms with Gasteiger partial charge in [-0.3, -0.25) is 15.0 Å². The zero-order valence-electron chi connectivity index (χ0n) is 16.7. The van der Waals surface area contributed by atoms with E-state index in [2.05, 4.69) is 15.4 Å². The van der Waals surface area contributed by atoms with Gasteiger partial charge in [0.1, 0.15) is 23.9 Å². The van der Waals surface area contributed by atoms with Crippen LogP contribution < -0.4 is 25.8 Å². The number of amidine groups is 1. The number of rotatable bonds is 8. The summed E-state index contributed by atoms with van der Waals surface area (Å²) in [5.74, 6) is -4.51. The lowest BCUT2D eigenvalue weighted by molar-refractivity contribution is -0.189. The standard InChI is InChI=1S/C20H19F3N4O5/c1-26-17(28)12-5-6-14(15(10-12)32-19(30)20(21,22)23)18(29)27-7-8-31-13-4-2-3-11(9-13)16(24)25/h2-6,9-10H,7-8H2,1H3,(H3,24,25)(H,26,28)(H,27,29). The van der Waals surface area contributed by atoms with Gasteiger partial charge in [-0.1, -0.05) is 12.1 Å². The zero-order valence-corrected chi connectivity index (χ0v) is 16.7. The van der Waals surface area contributed by atoms with Crippen molar-refractivity contribution in [2.75, 3.05) is 20.2 Å². The number of amides is 2. The van der Waals surface area contributed by atoms with Crippen LogP contribution in [0, 0.1) is 5.41 Å². The van der Waals surface area contributed by atoms with Gasteiger partial charge in [0.15, 0.2) is 0 Å². The molecule has 5 N–H and O–H groups in total. The maximum Gasteiger partial charge on any atom is 0.491 e. The van der Waals surface area contributed by atoms with Crippen molar-refractivity contribution in [1.29, 1.82) is 5.41 Å². The summed E-state index contributed by atoms with van der Waals surface area (Å²) < 4.78 is 47.5. The van der Waals surface area contributed by atoms with Crippen molar-refractivity contribution in [3.05, 3.63) is 59.2 Å². The van der Waals surface area contributed by atoms with E-state index in [1.54, 1.807) is 18.2 Å². The van der Waals surface area contributed by atoms with Crippen LogP contribution in [0.1, 0.15) is 26.3 Å². The SMILES string of the molecule is CNC(=O)c1ccc(C(=O)NCCOc2cccc(C(=N)N)c2)c(OC(=O)C(F)(F)F)c1. The largest absolute Gasteiger partial charge is 0.492 e. The molecule has 2 amide bonds. The lowest BCUT2D eigenvalue weighted by atomic mass is 10.1. The fourth-order valence-corrected chi connectivity index (χ4v) is 2.42. The molecule has 0 spiro atoms. The van der Waals surface area contributed by atoms with E-state index in [4.69, 9.17) is 15.9 Å². The second-order valence-corrected chi connectivity index (χ2v) is 6.22. The fraction of sp³-hybridized carbons (Fsp3) is 0.200. The van der Waals surface area contributed by atoms with Crippen LogP contribution in [0.4, 0.5) is 13.2 Å². The molecule has 2 aromatic carbocycles. The molecule has 0 saturated carbocycles. The maximum absolute atomic E-state index is 12.6. The van der Waals surface area contributed by atoms with Crippen molar-refractivity contribution in [2.24, 2.45) is 5.73 Å². The van der Waals surface area contributed by atoms with Gasteiger partial charge in [-0.15, -0.1) is 0 Å². The lowest BCUT2D eigenvalue weighted by Crippen LogP contribution is -2.31. The molecule has 2 rings (SSSR count). The Kier molecular flexibility index (Phi) is 7.77. The first-order valence-electron chi connectivity index (χ1n) is 9.03. The van der Waals surface area contributed by atoms with Crippen molar-refractivity contribution in [3.63, 3.8) is 0 Å². The van der Waals surface area contributed by atoms with Gasteiger partial charge in [0.25, 0.3) is 11.8 Å². The van der Waals surface area contributed by atoms with Gasteiger partial charge in [-0.2, -0.15) is 13.2 Å². The number of carbonyl (C=O) groups excluding carboxylic acids is 3. The first-order valence-corrected chi connectivity index (χ1v) is 9.03. The number of ether oxygens (including phenoxy) is 2. The summed E-state index contributed by atoms with van der Waals surface area (Å²) in [5, 5.41) is 12.1. The fourth-order valence-electron chi connectivity index (χ4n) is 2.42. The van der Waals surface area contributed by atoms with Crippen molar-refractivity contribution < 1.29 is 37.0 Å². The summed E-state index contributed by atoms with van der Waals surface area (Å²) >= 11 is 0. The van der Waals surface area contributed by atoms with E-state index in [1.807, 2.05) is 0 Å². The van der Waals surface area contributed by atoms with E-state index in [0.717, 1.165) is 12.1 Å². The summed E-state index contributed by atoms with van der Waals surface area (Å²) in [5.41, 5.74) is 5.35. The highest BCUT2D eigenvalue weighted by Crippen LogP contribution is 2.25. The van der Waals surface area contributed by atoms with Crippen LogP contribution in [-0.4, -0.2) is 50.0 Å². The summed E-state index contributed by atoms with van der Waals surface area (Å²) in [6, 6.07) is 9.50. The minimum atomic E-state index is -5.29. The van der Waals surface area contributed by atoms with E-state index >= 15 is 0 Å². The molecular weight excluding hydrogens is 433 g/mol. The van der Waals surface area contributed by atoms with E-state index in [1.165, 1.54) is 19.2 Å². The van der Waals surface area contributed by atoms with Gasteiger partial charge in [-0.25, -0.2) is 4.79 Å². The van der Waals surface area contributed by atoms with Crippen molar-refractivity contribution in [2.45, 2.75) is 6.18 Å². The van der Waals surface area contributed by atoms with E-state index in [0.29, 0.717) is 11.3 Å². The Morgan fingerprint density at radius 1 is 1.06 bits per heavy atom. The molecule has 0 unspecified atom stereocenters. The molecule has 12 heteroatoms. The Balaban J connectivity index is 2.09. The van der Waals surface area contributed by atoms with Crippen LogP contribution in [0.15, 0.2) is 42.5 Å². The molecule has 0 bridgehead atoms. The normalized spacial score (nSPS) is 10.8. The van der Waals surface area contributed by atoms with E-state index in [9.17, 15) is 27.6 Å². The third-order valence-electron chi connectivity index (χ3n) is 3.95. The number of alkyl halides is 3. The molecule has 0 saturated heterocycles. The molecule has 0 fully saturated rings. The van der Waals surface area contributed by atoms with Crippen LogP contribution in [0.5, 0.6) is 11.5 Å². The smallest absolute Gasteiger partial charge is 0.491 e. The Hall–Kier alpha value is -4.09. The Labute approximate surface area is 180 Å². The molecular formula is C20H19F3N4O5. The number of halogens is 3. The summed E-state index contributed by atoms with van der Waals surface area (Å²) in [7, 11) is 1.30. The number of esters is 1. The lowest BCUT2D eigenvalue weighted by Gasteiger charge is -2.13. The first kappa shape index (κ1) is 24.2. The molecule has 9 nitrogen and oxygen atoms in total. The average Bonchev–Trinajstić information content (AvgIpc) is 2.75. The number of nitrogens with two attached hydrogens (primary N) is 1. The first-order chi connectivity index (χ1) is 15.0. The quantitative estimate of drug-likeness (QED) is 0.158. The minimum Gasteiger partial charge on any atom is -0.492 e. The monoisotopic (exact) mass is 452 g/mol. The second-order valence-electron chi connectivity index (χ2n) is 6.22. The third kappa shape index (κ3) is 6.45. The molecule has 0 aromatic heterocycles. The van der Waals surface area contributed by atoms with Crippen LogP contribution in [0.3, 0.4) is 0 Å². The number of benzene rings is 2. The van der Waals surface area contributed by atoms with Crippen molar-refractivity contribution in [3.8, 4) is 11.5 Å². The van der Waals surface area contributed by atoms with E-state index in [-0.39, 0.29) is 30.1 Å². The van der Waals surface area contributed by atoms with Gasteiger partial charge in [-0.05, 0) is 30.3 Å². The van der Waals surface area contributed by atoms with Crippen LogP contribution in [-0.2, 0) is 4.79 Å². The second kappa shape index (κ2) is 10.3. The van der Waals surface area contributed by atoms with Crippen LogP contribution >= 0.6 is 0 Å². The van der Waals surface area contributed by atoms with Gasteiger partial charge in [0.05, 0.1) is 12.1 Å². The molecule has 0 radical (unpaired) electrons. The highest BCUT2D eigenvalue weighted by molar-refractivity contribution is 6.01. The minimum absolute atomic E-state index is 0.0128. The van der Waals surface area contributed by atoms with Gasteiger partial charge in [0.2, 0.25) is 0 Å². The van der Waals surface area contributed by atoms with Crippen LogP contribution in [0.2, 0.25) is 0 Å². The zero-order chi connectivity index (χ0) is 23.9.